The predicted molar refractivity (Wildman–Crippen MR) is 75.6 cm³/mol. The van der Waals surface area contributed by atoms with Crippen LogP contribution in [0.2, 0.25) is 0 Å². The topological polar surface area (TPSA) is 65.1 Å². The first-order valence-electron chi connectivity index (χ1n) is 6.58. The summed E-state index contributed by atoms with van der Waals surface area (Å²) >= 11 is 0. The number of aliphatic hydroxyl groups is 1. The summed E-state index contributed by atoms with van der Waals surface area (Å²) in [5.41, 5.74) is 1.99. The lowest BCUT2D eigenvalue weighted by atomic mass is 10.1. The monoisotopic (exact) mass is 260 g/mol. The van der Waals surface area contributed by atoms with Gasteiger partial charge < -0.3 is 15.4 Å². The molecule has 0 aliphatic heterocycles. The summed E-state index contributed by atoms with van der Waals surface area (Å²) in [4.78, 5) is 14.9. The van der Waals surface area contributed by atoms with E-state index in [1.54, 1.807) is 0 Å². The summed E-state index contributed by atoms with van der Waals surface area (Å²) in [6.07, 6.45) is -0.442. The highest BCUT2D eigenvalue weighted by Gasteiger charge is 2.16. The first kappa shape index (κ1) is 13.6. The highest BCUT2D eigenvalue weighted by molar-refractivity contribution is 5.82. The third kappa shape index (κ3) is 3.58. The summed E-state index contributed by atoms with van der Waals surface area (Å²) in [5, 5.41) is 13.5. The number of aromatic nitrogens is 1. The van der Waals surface area contributed by atoms with Gasteiger partial charge in [0.2, 0.25) is 5.91 Å². The molecule has 4 nitrogen and oxygen atoms in total. The number of aliphatic hydroxyl groups excluding tert-OH is 1. The molecule has 0 spiro atoms. The van der Waals surface area contributed by atoms with E-state index >= 15 is 0 Å². The van der Waals surface area contributed by atoms with Crippen molar-refractivity contribution in [3.8, 4) is 0 Å². The zero-order valence-electron chi connectivity index (χ0n) is 11.3. The Labute approximate surface area is 112 Å². The molecule has 1 heterocycles. The molecule has 102 valence electrons. The summed E-state index contributed by atoms with van der Waals surface area (Å²) in [6.45, 7) is 4.37. The van der Waals surface area contributed by atoms with E-state index in [0.717, 1.165) is 16.6 Å². The second-order valence-electron chi connectivity index (χ2n) is 5.24. The predicted octanol–water partition coefficient (Wildman–Crippen LogP) is 2.19. The van der Waals surface area contributed by atoms with Crippen LogP contribution in [-0.4, -0.2) is 22.1 Å². The number of amides is 1. The van der Waals surface area contributed by atoms with Crippen LogP contribution in [0.3, 0.4) is 0 Å². The molecule has 0 aliphatic rings. The van der Waals surface area contributed by atoms with Crippen molar-refractivity contribution < 1.29 is 9.90 Å². The minimum atomic E-state index is -0.927. The number of hydrogen-bond acceptors (Lipinski definition) is 2. The lowest BCUT2D eigenvalue weighted by molar-refractivity contribution is -0.130. The third-order valence-corrected chi connectivity index (χ3v) is 3.04. The molecule has 1 aromatic heterocycles. The molecular formula is C15H20N2O2. The number of nitrogens with one attached hydrogen (secondary N) is 2. The number of carbonyl (C=O) groups is 1. The van der Waals surface area contributed by atoms with Crippen molar-refractivity contribution in [1.29, 1.82) is 0 Å². The standard InChI is InChI=1S/C15H20N2O2/c1-10(2)7-14(18)15(19)16-9-12-8-11-5-3-4-6-13(11)17-12/h3-6,8,10,14,17-18H,7,9H2,1-2H3,(H,16,19). The van der Waals surface area contributed by atoms with E-state index in [9.17, 15) is 9.90 Å². The van der Waals surface area contributed by atoms with Crippen molar-refractivity contribution >= 4 is 16.8 Å². The van der Waals surface area contributed by atoms with E-state index in [1.807, 2.05) is 44.2 Å². The Morgan fingerprint density at radius 3 is 2.79 bits per heavy atom. The molecule has 1 aromatic carbocycles. The van der Waals surface area contributed by atoms with Gasteiger partial charge in [0.1, 0.15) is 6.10 Å². The van der Waals surface area contributed by atoms with E-state index in [1.165, 1.54) is 0 Å². The molecule has 0 saturated carbocycles. The van der Waals surface area contributed by atoms with Gasteiger partial charge in [0.25, 0.3) is 0 Å². The normalized spacial score (nSPS) is 12.8. The van der Waals surface area contributed by atoms with E-state index in [0.29, 0.717) is 18.9 Å². The molecule has 3 N–H and O–H groups in total. The van der Waals surface area contributed by atoms with Gasteiger partial charge in [-0.3, -0.25) is 4.79 Å². The van der Waals surface area contributed by atoms with Crippen LogP contribution in [-0.2, 0) is 11.3 Å². The quantitative estimate of drug-likeness (QED) is 0.771. The minimum absolute atomic E-state index is 0.300. The van der Waals surface area contributed by atoms with Crippen LogP contribution < -0.4 is 5.32 Å². The maximum Gasteiger partial charge on any atom is 0.249 e. The molecule has 19 heavy (non-hydrogen) atoms. The molecule has 0 saturated heterocycles. The number of benzene rings is 1. The van der Waals surface area contributed by atoms with Crippen LogP contribution in [0.5, 0.6) is 0 Å². The van der Waals surface area contributed by atoms with Crippen LogP contribution in [0.25, 0.3) is 10.9 Å². The molecule has 0 bridgehead atoms. The number of para-hydroxylation sites is 1. The van der Waals surface area contributed by atoms with Crippen LogP contribution >= 0.6 is 0 Å². The van der Waals surface area contributed by atoms with Crippen molar-refractivity contribution in [2.75, 3.05) is 0 Å². The van der Waals surface area contributed by atoms with Gasteiger partial charge in [0, 0.05) is 11.2 Å². The zero-order chi connectivity index (χ0) is 13.8. The van der Waals surface area contributed by atoms with Crippen molar-refractivity contribution in [3.05, 3.63) is 36.0 Å². The number of fused-ring (bicyclic) bond motifs is 1. The lowest BCUT2D eigenvalue weighted by Gasteiger charge is -2.12. The van der Waals surface area contributed by atoms with Gasteiger partial charge in [-0.15, -0.1) is 0 Å². The number of rotatable bonds is 5. The third-order valence-electron chi connectivity index (χ3n) is 3.04. The fourth-order valence-electron chi connectivity index (χ4n) is 2.08. The number of H-pyrrole nitrogens is 1. The molecule has 0 radical (unpaired) electrons. The first-order valence-corrected chi connectivity index (χ1v) is 6.58. The Bertz CT molecular complexity index is 527. The fraction of sp³-hybridized carbons (Fsp3) is 0.400. The summed E-state index contributed by atoms with van der Waals surface area (Å²) in [6, 6.07) is 9.96. The van der Waals surface area contributed by atoms with Crippen LogP contribution in [0.15, 0.2) is 30.3 Å². The summed E-state index contributed by atoms with van der Waals surface area (Å²) in [7, 11) is 0. The largest absolute Gasteiger partial charge is 0.383 e. The molecule has 2 rings (SSSR count). The summed E-state index contributed by atoms with van der Waals surface area (Å²) < 4.78 is 0. The molecule has 1 atom stereocenters. The molecule has 0 fully saturated rings. The van der Waals surface area contributed by atoms with Crippen molar-refractivity contribution in [3.63, 3.8) is 0 Å². The van der Waals surface area contributed by atoms with Gasteiger partial charge in [-0.2, -0.15) is 0 Å². The smallest absolute Gasteiger partial charge is 0.249 e. The van der Waals surface area contributed by atoms with Crippen LogP contribution in [0.1, 0.15) is 26.0 Å². The molecule has 1 amide bonds. The zero-order valence-corrected chi connectivity index (χ0v) is 11.3. The van der Waals surface area contributed by atoms with E-state index in [2.05, 4.69) is 10.3 Å². The van der Waals surface area contributed by atoms with Gasteiger partial charge >= 0.3 is 0 Å². The Hall–Kier alpha value is -1.81. The van der Waals surface area contributed by atoms with Gasteiger partial charge in [0.15, 0.2) is 0 Å². The van der Waals surface area contributed by atoms with Gasteiger partial charge in [-0.25, -0.2) is 0 Å². The van der Waals surface area contributed by atoms with Crippen molar-refractivity contribution in [2.24, 2.45) is 5.92 Å². The number of carbonyl (C=O) groups excluding carboxylic acids is 1. The molecular weight excluding hydrogens is 240 g/mol. The number of aromatic amines is 1. The Balaban J connectivity index is 1.93. The van der Waals surface area contributed by atoms with E-state index in [-0.39, 0.29) is 5.91 Å². The highest BCUT2D eigenvalue weighted by atomic mass is 16.3. The number of hydrogen-bond donors (Lipinski definition) is 3. The second kappa shape index (κ2) is 5.89. The van der Waals surface area contributed by atoms with E-state index < -0.39 is 6.10 Å². The maximum atomic E-state index is 11.7. The average molecular weight is 260 g/mol. The molecule has 4 heteroatoms. The van der Waals surface area contributed by atoms with Gasteiger partial charge in [0.05, 0.1) is 6.54 Å². The van der Waals surface area contributed by atoms with Gasteiger partial charge in [-0.1, -0.05) is 32.0 Å². The fourth-order valence-corrected chi connectivity index (χ4v) is 2.08. The van der Waals surface area contributed by atoms with Gasteiger partial charge in [-0.05, 0) is 29.9 Å². The van der Waals surface area contributed by atoms with Crippen molar-refractivity contribution in [1.82, 2.24) is 10.3 Å². The summed E-state index contributed by atoms with van der Waals surface area (Å²) in [5.74, 6) is -0.0128. The highest BCUT2D eigenvalue weighted by Crippen LogP contribution is 2.14. The SMILES string of the molecule is CC(C)CC(O)C(=O)NCc1cc2ccccc2[nH]1. The minimum Gasteiger partial charge on any atom is -0.383 e. The first-order chi connectivity index (χ1) is 9.06. The van der Waals surface area contributed by atoms with Crippen molar-refractivity contribution in [2.45, 2.75) is 32.9 Å². The Morgan fingerprint density at radius 2 is 2.11 bits per heavy atom. The lowest BCUT2D eigenvalue weighted by Crippen LogP contribution is -2.34. The Morgan fingerprint density at radius 1 is 1.37 bits per heavy atom. The van der Waals surface area contributed by atoms with Crippen LogP contribution in [0, 0.1) is 5.92 Å². The second-order valence-corrected chi connectivity index (χ2v) is 5.24. The molecule has 0 aliphatic carbocycles. The van der Waals surface area contributed by atoms with E-state index in [4.69, 9.17) is 0 Å². The average Bonchev–Trinajstić information content (AvgIpc) is 2.77. The van der Waals surface area contributed by atoms with Crippen LogP contribution in [0.4, 0.5) is 0 Å². The Kier molecular flexibility index (Phi) is 4.22. The molecule has 1 unspecified atom stereocenters. The molecule has 2 aromatic rings. The maximum absolute atomic E-state index is 11.7.